The molecule has 0 radical (unpaired) electrons. The maximum absolute atomic E-state index is 4.52. The minimum Gasteiger partial charge on any atom is -0.276 e. The highest BCUT2D eigenvalue weighted by atomic mass is 32.2. The average molecular weight is 225 g/mol. The van der Waals surface area contributed by atoms with Gasteiger partial charge in [-0.25, -0.2) is 9.97 Å². The van der Waals surface area contributed by atoms with Gasteiger partial charge < -0.3 is 0 Å². The van der Waals surface area contributed by atoms with Crippen LogP contribution >= 0.6 is 23.5 Å². The van der Waals surface area contributed by atoms with Crippen molar-refractivity contribution in [1.82, 2.24) is 14.4 Å². The van der Waals surface area contributed by atoms with Gasteiger partial charge in [-0.05, 0) is 25.5 Å². The molecule has 0 aliphatic rings. The zero-order chi connectivity index (χ0) is 10.1. The van der Waals surface area contributed by atoms with Gasteiger partial charge in [0.15, 0.2) is 5.16 Å². The van der Waals surface area contributed by atoms with E-state index in [1.165, 1.54) is 0 Å². The fraction of sp³-hybridized carbons (Fsp3) is 0.333. The van der Waals surface area contributed by atoms with E-state index < -0.39 is 0 Å². The molecule has 2 aromatic heterocycles. The number of hydrogen-bond donors (Lipinski definition) is 0. The van der Waals surface area contributed by atoms with Gasteiger partial charge in [0, 0.05) is 0 Å². The number of imidazole rings is 1. The maximum Gasteiger partial charge on any atom is 0.174 e. The van der Waals surface area contributed by atoms with E-state index in [4.69, 9.17) is 0 Å². The first-order valence-electron chi connectivity index (χ1n) is 4.19. The fourth-order valence-electron chi connectivity index (χ4n) is 1.36. The van der Waals surface area contributed by atoms with Gasteiger partial charge in [0.25, 0.3) is 0 Å². The third-order valence-electron chi connectivity index (χ3n) is 2.03. The van der Waals surface area contributed by atoms with E-state index in [2.05, 4.69) is 20.4 Å². The summed E-state index contributed by atoms with van der Waals surface area (Å²) >= 11 is 3.30. The summed E-state index contributed by atoms with van der Waals surface area (Å²) in [6, 6.07) is 2.06. The first-order valence-corrected chi connectivity index (χ1v) is 6.64. The number of thioether (sulfide) groups is 2. The molecule has 0 spiro atoms. The van der Waals surface area contributed by atoms with Crippen molar-refractivity contribution in [3.8, 4) is 0 Å². The van der Waals surface area contributed by atoms with Gasteiger partial charge in [0.1, 0.15) is 10.9 Å². The Balaban J connectivity index is 2.76. The standard InChI is InChI=1S/C9H11N3S2/c1-6-10-5-7-4-8(13-2)11-9(14-3)12(6)7/h4-5H,1-3H3. The molecule has 2 rings (SSSR count). The molecule has 0 saturated heterocycles. The summed E-state index contributed by atoms with van der Waals surface area (Å²) in [4.78, 5) is 8.80. The average Bonchev–Trinajstić information content (AvgIpc) is 2.59. The zero-order valence-electron chi connectivity index (χ0n) is 8.31. The third kappa shape index (κ3) is 1.50. The summed E-state index contributed by atoms with van der Waals surface area (Å²) in [5.74, 6) is 0.990. The van der Waals surface area contributed by atoms with E-state index in [0.717, 1.165) is 21.5 Å². The molecule has 0 aliphatic heterocycles. The van der Waals surface area contributed by atoms with E-state index in [1.807, 2.05) is 25.6 Å². The molecule has 0 aliphatic carbocycles. The molecule has 0 atom stereocenters. The SMILES string of the molecule is CSc1cc2cnc(C)n2c(SC)n1. The lowest BCUT2D eigenvalue weighted by Gasteiger charge is -2.05. The maximum atomic E-state index is 4.52. The Morgan fingerprint density at radius 2 is 2.07 bits per heavy atom. The number of aromatic nitrogens is 3. The van der Waals surface area contributed by atoms with E-state index in [9.17, 15) is 0 Å². The third-order valence-corrected chi connectivity index (χ3v) is 3.29. The van der Waals surface area contributed by atoms with Gasteiger partial charge in [0.2, 0.25) is 0 Å². The van der Waals surface area contributed by atoms with Crippen LogP contribution in [0.2, 0.25) is 0 Å². The normalized spacial score (nSPS) is 11.1. The van der Waals surface area contributed by atoms with Crippen LogP contribution in [-0.4, -0.2) is 26.9 Å². The Morgan fingerprint density at radius 3 is 2.71 bits per heavy atom. The Kier molecular flexibility index (Phi) is 2.69. The minimum absolute atomic E-state index is 0.990. The van der Waals surface area contributed by atoms with E-state index in [0.29, 0.717) is 0 Å². The minimum atomic E-state index is 0.990. The van der Waals surface area contributed by atoms with Crippen LogP contribution in [0.25, 0.3) is 5.52 Å². The highest BCUT2D eigenvalue weighted by Crippen LogP contribution is 2.22. The molecule has 2 heterocycles. The Labute approximate surface area is 91.3 Å². The second kappa shape index (κ2) is 3.82. The molecular weight excluding hydrogens is 214 g/mol. The molecular formula is C9H11N3S2. The Hall–Kier alpha value is -0.680. The van der Waals surface area contributed by atoms with Crippen molar-refractivity contribution in [3.05, 3.63) is 18.1 Å². The first-order chi connectivity index (χ1) is 6.76. The van der Waals surface area contributed by atoms with Crippen molar-refractivity contribution < 1.29 is 0 Å². The second-order valence-electron chi connectivity index (χ2n) is 2.85. The predicted molar refractivity (Wildman–Crippen MR) is 61.3 cm³/mol. The van der Waals surface area contributed by atoms with Crippen LogP contribution < -0.4 is 0 Å². The van der Waals surface area contributed by atoms with E-state index in [1.54, 1.807) is 23.5 Å². The van der Waals surface area contributed by atoms with Gasteiger partial charge in [-0.1, -0.05) is 11.8 Å². The lowest BCUT2D eigenvalue weighted by molar-refractivity contribution is 0.822. The van der Waals surface area contributed by atoms with Crippen molar-refractivity contribution in [2.75, 3.05) is 12.5 Å². The summed E-state index contributed by atoms with van der Waals surface area (Å²) in [5.41, 5.74) is 1.12. The molecule has 3 nitrogen and oxygen atoms in total. The molecule has 0 aromatic carbocycles. The van der Waals surface area contributed by atoms with Crippen LogP contribution in [0.5, 0.6) is 0 Å². The summed E-state index contributed by atoms with van der Waals surface area (Å²) in [7, 11) is 0. The lowest BCUT2D eigenvalue weighted by Crippen LogP contribution is -1.96. The van der Waals surface area contributed by atoms with E-state index in [-0.39, 0.29) is 0 Å². The topological polar surface area (TPSA) is 30.2 Å². The summed E-state index contributed by atoms with van der Waals surface area (Å²) in [5, 5.41) is 2.05. The number of nitrogens with zero attached hydrogens (tertiary/aromatic N) is 3. The zero-order valence-corrected chi connectivity index (χ0v) is 9.95. The molecule has 5 heteroatoms. The van der Waals surface area contributed by atoms with Crippen molar-refractivity contribution in [1.29, 1.82) is 0 Å². The molecule has 2 aromatic rings. The number of hydrogen-bond acceptors (Lipinski definition) is 4. The predicted octanol–water partition coefficient (Wildman–Crippen LogP) is 2.48. The number of rotatable bonds is 2. The van der Waals surface area contributed by atoms with Crippen LogP contribution in [0.3, 0.4) is 0 Å². The molecule has 0 bridgehead atoms. The fourth-order valence-corrected chi connectivity index (χ4v) is 2.44. The highest BCUT2D eigenvalue weighted by molar-refractivity contribution is 7.99. The first kappa shape index (κ1) is 9.86. The van der Waals surface area contributed by atoms with Gasteiger partial charge in [-0.3, -0.25) is 4.40 Å². The Morgan fingerprint density at radius 1 is 1.29 bits per heavy atom. The van der Waals surface area contributed by atoms with Gasteiger partial charge in [0.05, 0.1) is 11.7 Å². The van der Waals surface area contributed by atoms with E-state index >= 15 is 0 Å². The molecule has 14 heavy (non-hydrogen) atoms. The summed E-state index contributed by atoms with van der Waals surface area (Å²) in [6.45, 7) is 1.99. The van der Waals surface area contributed by atoms with Crippen LogP contribution in [-0.2, 0) is 0 Å². The molecule has 0 amide bonds. The Bertz CT molecular complexity index is 464. The molecule has 0 N–H and O–H groups in total. The molecule has 74 valence electrons. The summed E-state index contributed by atoms with van der Waals surface area (Å²) < 4.78 is 2.07. The second-order valence-corrected chi connectivity index (χ2v) is 4.45. The van der Waals surface area contributed by atoms with Crippen LogP contribution in [0, 0.1) is 6.92 Å². The quantitative estimate of drug-likeness (QED) is 0.446. The van der Waals surface area contributed by atoms with Crippen LogP contribution in [0.15, 0.2) is 22.4 Å². The molecule has 0 saturated carbocycles. The van der Waals surface area contributed by atoms with Crippen molar-refractivity contribution in [2.24, 2.45) is 0 Å². The van der Waals surface area contributed by atoms with Crippen molar-refractivity contribution in [2.45, 2.75) is 17.1 Å². The smallest absolute Gasteiger partial charge is 0.174 e. The monoisotopic (exact) mass is 225 g/mol. The molecule has 0 unspecified atom stereocenters. The summed E-state index contributed by atoms with van der Waals surface area (Å²) in [6.07, 6.45) is 5.95. The highest BCUT2D eigenvalue weighted by Gasteiger charge is 2.07. The largest absolute Gasteiger partial charge is 0.276 e. The molecule has 0 fully saturated rings. The number of fused-ring (bicyclic) bond motifs is 1. The van der Waals surface area contributed by atoms with Crippen molar-refractivity contribution in [3.63, 3.8) is 0 Å². The van der Waals surface area contributed by atoms with Gasteiger partial charge in [-0.15, -0.1) is 11.8 Å². The van der Waals surface area contributed by atoms with Gasteiger partial charge >= 0.3 is 0 Å². The van der Waals surface area contributed by atoms with Gasteiger partial charge in [-0.2, -0.15) is 0 Å². The van der Waals surface area contributed by atoms with Crippen molar-refractivity contribution >= 4 is 29.0 Å². The van der Waals surface area contributed by atoms with Crippen LogP contribution in [0.4, 0.5) is 0 Å². The van der Waals surface area contributed by atoms with Crippen LogP contribution in [0.1, 0.15) is 5.82 Å². The lowest BCUT2D eigenvalue weighted by atomic mass is 10.5. The number of aryl methyl sites for hydroxylation is 1.